The summed E-state index contributed by atoms with van der Waals surface area (Å²) in [5.41, 5.74) is 1.22. The van der Waals surface area contributed by atoms with Crippen LogP contribution in [0.1, 0.15) is 23.6 Å². The lowest BCUT2D eigenvalue weighted by atomic mass is 10.1. The van der Waals surface area contributed by atoms with Crippen LogP contribution >= 0.6 is 0 Å². The van der Waals surface area contributed by atoms with Crippen LogP contribution in [0.25, 0.3) is 0 Å². The Morgan fingerprint density at radius 1 is 1.04 bits per heavy atom. The molecule has 6 heteroatoms. The number of anilines is 1. The number of hydrogen-bond acceptors (Lipinski definition) is 2. The van der Waals surface area contributed by atoms with Crippen LogP contribution in [0, 0.1) is 0 Å². The van der Waals surface area contributed by atoms with Crippen molar-refractivity contribution in [3.05, 3.63) is 65.2 Å². The summed E-state index contributed by atoms with van der Waals surface area (Å²) in [6.45, 7) is 3.53. The van der Waals surface area contributed by atoms with Crippen LogP contribution in [0.4, 0.5) is 18.9 Å². The van der Waals surface area contributed by atoms with Gasteiger partial charge in [-0.1, -0.05) is 37.3 Å². The van der Waals surface area contributed by atoms with Crippen molar-refractivity contribution in [2.75, 3.05) is 11.9 Å². The topological polar surface area (TPSA) is 41.1 Å². The van der Waals surface area contributed by atoms with Gasteiger partial charge < -0.3 is 10.6 Å². The van der Waals surface area contributed by atoms with Crippen LogP contribution in [0.2, 0.25) is 0 Å². The zero-order valence-electron chi connectivity index (χ0n) is 13.3. The van der Waals surface area contributed by atoms with Crippen molar-refractivity contribution < 1.29 is 18.0 Å². The van der Waals surface area contributed by atoms with Crippen molar-refractivity contribution in [3.8, 4) is 0 Å². The molecule has 1 amide bonds. The third-order valence-electron chi connectivity index (χ3n) is 3.41. The Morgan fingerprint density at radius 3 is 2.46 bits per heavy atom. The van der Waals surface area contributed by atoms with Gasteiger partial charge in [0.25, 0.3) is 0 Å². The minimum Gasteiger partial charge on any atom is -0.326 e. The quantitative estimate of drug-likeness (QED) is 0.837. The summed E-state index contributed by atoms with van der Waals surface area (Å²) in [6.07, 6.45) is -4.52. The van der Waals surface area contributed by atoms with Gasteiger partial charge in [0.05, 0.1) is 12.0 Å². The minimum atomic E-state index is -4.41. The molecule has 0 bridgehead atoms. The first-order chi connectivity index (χ1) is 11.4. The van der Waals surface area contributed by atoms with Crippen molar-refractivity contribution in [2.45, 2.75) is 26.1 Å². The van der Waals surface area contributed by atoms with E-state index < -0.39 is 11.7 Å². The highest BCUT2D eigenvalue weighted by atomic mass is 19.4. The largest absolute Gasteiger partial charge is 0.416 e. The fraction of sp³-hybridized carbons (Fsp3) is 0.278. The van der Waals surface area contributed by atoms with E-state index in [9.17, 15) is 18.0 Å². The van der Waals surface area contributed by atoms with E-state index in [1.165, 1.54) is 12.1 Å². The van der Waals surface area contributed by atoms with Crippen LogP contribution in [-0.4, -0.2) is 12.5 Å². The first-order valence-corrected chi connectivity index (χ1v) is 7.64. The molecule has 2 aromatic rings. The Bertz CT molecular complexity index is 699. The molecule has 0 fully saturated rings. The lowest BCUT2D eigenvalue weighted by Gasteiger charge is -2.10. The van der Waals surface area contributed by atoms with Gasteiger partial charge in [-0.05, 0) is 35.9 Å². The van der Waals surface area contributed by atoms with Crippen LogP contribution < -0.4 is 10.6 Å². The number of amides is 1. The van der Waals surface area contributed by atoms with Crippen LogP contribution in [0.5, 0.6) is 0 Å². The van der Waals surface area contributed by atoms with Crippen molar-refractivity contribution in [1.29, 1.82) is 0 Å². The number of carbonyl (C=O) groups is 1. The second-order valence-corrected chi connectivity index (χ2v) is 5.40. The molecule has 0 spiro atoms. The number of halogens is 3. The molecule has 2 rings (SSSR count). The van der Waals surface area contributed by atoms with Crippen LogP contribution in [0.15, 0.2) is 48.5 Å². The van der Waals surface area contributed by atoms with E-state index in [0.717, 1.165) is 24.2 Å². The van der Waals surface area contributed by atoms with Gasteiger partial charge in [0, 0.05) is 12.2 Å². The average Bonchev–Trinajstić information content (AvgIpc) is 2.52. The highest BCUT2D eigenvalue weighted by molar-refractivity contribution is 5.92. The predicted molar refractivity (Wildman–Crippen MR) is 87.6 cm³/mol. The standard InChI is InChI=1S/C18H19F3N2O/c1-2-22-12-14-6-4-8-16(10-14)23-17(24)11-13-5-3-7-15(9-13)18(19,20)21/h3-10,22H,2,11-12H2,1H3,(H,23,24). The van der Waals surface area contributed by atoms with E-state index in [0.29, 0.717) is 17.8 Å². The summed E-state index contributed by atoms with van der Waals surface area (Å²) in [4.78, 5) is 12.1. The summed E-state index contributed by atoms with van der Waals surface area (Å²) < 4.78 is 38.1. The molecule has 2 N–H and O–H groups in total. The Balaban J connectivity index is 2.01. The zero-order valence-corrected chi connectivity index (χ0v) is 13.3. The second kappa shape index (κ2) is 7.97. The average molecular weight is 336 g/mol. The van der Waals surface area contributed by atoms with E-state index in [4.69, 9.17) is 0 Å². The number of alkyl halides is 3. The Hall–Kier alpha value is -2.34. The number of rotatable bonds is 6. The number of nitrogens with one attached hydrogen (secondary N) is 2. The molecule has 0 aromatic heterocycles. The highest BCUT2D eigenvalue weighted by Gasteiger charge is 2.30. The molecule has 0 aliphatic rings. The summed E-state index contributed by atoms with van der Waals surface area (Å²) in [5, 5.41) is 5.90. The van der Waals surface area contributed by atoms with E-state index in [1.54, 1.807) is 6.07 Å². The zero-order chi connectivity index (χ0) is 17.6. The molecule has 0 aliphatic heterocycles. The van der Waals surface area contributed by atoms with Gasteiger partial charge in [0.2, 0.25) is 5.91 Å². The maximum absolute atomic E-state index is 12.7. The van der Waals surface area contributed by atoms with Gasteiger partial charge in [-0.3, -0.25) is 4.79 Å². The maximum Gasteiger partial charge on any atom is 0.416 e. The lowest BCUT2D eigenvalue weighted by Crippen LogP contribution is -2.16. The Morgan fingerprint density at radius 2 is 1.75 bits per heavy atom. The summed E-state index contributed by atoms with van der Waals surface area (Å²) >= 11 is 0. The highest BCUT2D eigenvalue weighted by Crippen LogP contribution is 2.29. The summed E-state index contributed by atoms with van der Waals surface area (Å²) in [5.74, 6) is -0.352. The smallest absolute Gasteiger partial charge is 0.326 e. The van der Waals surface area contributed by atoms with Crippen molar-refractivity contribution in [1.82, 2.24) is 5.32 Å². The lowest BCUT2D eigenvalue weighted by molar-refractivity contribution is -0.137. The van der Waals surface area contributed by atoms with Gasteiger partial charge in [-0.15, -0.1) is 0 Å². The van der Waals surface area contributed by atoms with Gasteiger partial charge in [-0.25, -0.2) is 0 Å². The normalized spacial score (nSPS) is 11.3. The molecular weight excluding hydrogens is 317 g/mol. The number of carbonyl (C=O) groups excluding carboxylic acids is 1. The molecule has 3 nitrogen and oxygen atoms in total. The van der Waals surface area contributed by atoms with Crippen molar-refractivity contribution >= 4 is 11.6 Å². The first-order valence-electron chi connectivity index (χ1n) is 7.64. The molecule has 2 aromatic carbocycles. The molecule has 128 valence electrons. The van der Waals surface area contributed by atoms with Crippen LogP contribution in [-0.2, 0) is 23.9 Å². The number of benzene rings is 2. The van der Waals surface area contributed by atoms with Crippen molar-refractivity contribution in [3.63, 3.8) is 0 Å². The predicted octanol–water partition coefficient (Wildman–Crippen LogP) is 4.00. The maximum atomic E-state index is 12.7. The van der Waals surface area contributed by atoms with E-state index in [-0.39, 0.29) is 12.3 Å². The van der Waals surface area contributed by atoms with Crippen LogP contribution in [0.3, 0.4) is 0 Å². The monoisotopic (exact) mass is 336 g/mol. The summed E-state index contributed by atoms with van der Waals surface area (Å²) in [6, 6.07) is 12.2. The second-order valence-electron chi connectivity index (χ2n) is 5.40. The van der Waals surface area contributed by atoms with Crippen molar-refractivity contribution in [2.24, 2.45) is 0 Å². The third kappa shape index (κ3) is 5.38. The van der Waals surface area contributed by atoms with Gasteiger partial charge >= 0.3 is 6.18 Å². The van der Waals surface area contributed by atoms with E-state index in [2.05, 4.69) is 10.6 Å². The Labute approximate surface area is 138 Å². The fourth-order valence-corrected chi connectivity index (χ4v) is 2.28. The first kappa shape index (κ1) is 18.0. The van der Waals surface area contributed by atoms with E-state index in [1.807, 2.05) is 25.1 Å². The summed E-state index contributed by atoms with van der Waals surface area (Å²) in [7, 11) is 0. The minimum absolute atomic E-state index is 0.110. The molecule has 0 heterocycles. The molecule has 0 aliphatic carbocycles. The molecule has 24 heavy (non-hydrogen) atoms. The fourth-order valence-electron chi connectivity index (χ4n) is 2.28. The molecule has 0 saturated carbocycles. The van der Waals surface area contributed by atoms with Gasteiger partial charge in [0.1, 0.15) is 0 Å². The molecule has 0 atom stereocenters. The molecular formula is C18H19F3N2O. The van der Waals surface area contributed by atoms with E-state index >= 15 is 0 Å². The number of hydrogen-bond donors (Lipinski definition) is 2. The molecule has 0 saturated heterocycles. The third-order valence-corrected chi connectivity index (χ3v) is 3.41. The molecule has 0 radical (unpaired) electrons. The SMILES string of the molecule is CCNCc1cccc(NC(=O)Cc2cccc(C(F)(F)F)c2)c1. The van der Waals surface area contributed by atoms with Gasteiger partial charge in [0.15, 0.2) is 0 Å². The van der Waals surface area contributed by atoms with Gasteiger partial charge in [-0.2, -0.15) is 13.2 Å². The Kier molecular flexibility index (Phi) is 5.98. The molecule has 0 unspecified atom stereocenters.